The first-order chi connectivity index (χ1) is 13.1. The van der Waals surface area contributed by atoms with Gasteiger partial charge in [0.2, 0.25) is 0 Å². The van der Waals surface area contributed by atoms with E-state index in [1.165, 1.54) is 18.2 Å². The molecule has 8 heteroatoms. The zero-order chi connectivity index (χ0) is 20.9. The van der Waals surface area contributed by atoms with Gasteiger partial charge in [0.1, 0.15) is 17.7 Å². The molecular weight excluding hydrogens is 405 g/mol. The Morgan fingerprint density at radius 3 is 2.50 bits per heavy atom. The molecule has 0 saturated heterocycles. The summed E-state index contributed by atoms with van der Waals surface area (Å²) in [4.78, 5) is 12.2. The summed E-state index contributed by atoms with van der Waals surface area (Å²) in [6.07, 6.45) is 1.95. The van der Waals surface area contributed by atoms with Crippen molar-refractivity contribution in [3.63, 3.8) is 0 Å². The summed E-state index contributed by atoms with van der Waals surface area (Å²) in [7, 11) is -3.30. The van der Waals surface area contributed by atoms with Crippen LogP contribution in [0.3, 0.4) is 0 Å². The van der Waals surface area contributed by atoms with Crippen LogP contribution in [0.25, 0.3) is 0 Å². The molecule has 0 spiro atoms. The molecule has 0 aliphatic rings. The van der Waals surface area contributed by atoms with Crippen LogP contribution in [0.4, 0.5) is 4.39 Å². The highest BCUT2D eigenvalue weighted by atomic mass is 35.5. The van der Waals surface area contributed by atoms with Crippen molar-refractivity contribution < 1.29 is 22.3 Å². The number of sulfone groups is 1. The third-order valence-electron chi connectivity index (χ3n) is 3.81. The van der Waals surface area contributed by atoms with Crippen LogP contribution in [-0.4, -0.2) is 26.6 Å². The highest BCUT2D eigenvalue weighted by molar-refractivity contribution is 7.93. The Balaban J connectivity index is 2.08. The minimum atomic E-state index is -3.30. The lowest BCUT2D eigenvalue weighted by molar-refractivity contribution is 0.0942. The Bertz CT molecular complexity index is 991. The van der Waals surface area contributed by atoms with Crippen molar-refractivity contribution in [1.29, 1.82) is 0 Å². The first-order valence-electron chi connectivity index (χ1n) is 8.46. The van der Waals surface area contributed by atoms with Gasteiger partial charge in [-0.25, -0.2) is 12.8 Å². The number of nitrogens with one attached hydrogen (secondary N) is 1. The summed E-state index contributed by atoms with van der Waals surface area (Å²) in [6, 6.07) is 10.5. The summed E-state index contributed by atoms with van der Waals surface area (Å²) in [5.41, 5.74) is 0.593. The molecule has 2 atom stereocenters. The number of hydrogen-bond donors (Lipinski definition) is 1. The molecule has 1 unspecified atom stereocenters. The standard InChI is InChI=1S/C20H21ClFNO4S/c1-13(10-11-28(3,25)26)23-20(24)17-9-8-15(12-19(17)22)27-14(2)16-6-4-5-7-18(16)21/h4-14H,1-3H3,(H,23,24)/b11-10+/t13-,14?/m1/s1. The Labute approximate surface area is 169 Å². The first-order valence-corrected chi connectivity index (χ1v) is 10.8. The fraction of sp³-hybridized carbons (Fsp3) is 0.250. The topological polar surface area (TPSA) is 72.5 Å². The average molecular weight is 426 g/mol. The molecule has 1 amide bonds. The monoisotopic (exact) mass is 425 g/mol. The molecule has 0 heterocycles. The summed E-state index contributed by atoms with van der Waals surface area (Å²) in [5, 5.41) is 4.05. The molecular formula is C20H21ClFNO4S. The van der Waals surface area contributed by atoms with E-state index in [4.69, 9.17) is 16.3 Å². The number of hydrogen-bond acceptors (Lipinski definition) is 4. The summed E-state index contributed by atoms with van der Waals surface area (Å²) in [6.45, 7) is 3.37. The molecule has 0 saturated carbocycles. The molecule has 0 aromatic heterocycles. The van der Waals surface area contributed by atoms with Crippen LogP contribution < -0.4 is 10.1 Å². The Kier molecular flexibility index (Phi) is 7.21. The van der Waals surface area contributed by atoms with E-state index in [0.717, 1.165) is 23.3 Å². The van der Waals surface area contributed by atoms with Crippen LogP contribution in [0.2, 0.25) is 5.02 Å². The lowest BCUT2D eigenvalue weighted by Crippen LogP contribution is -2.31. The summed E-state index contributed by atoms with van der Waals surface area (Å²) in [5.74, 6) is -1.15. The second-order valence-electron chi connectivity index (χ2n) is 6.34. The Morgan fingerprint density at radius 1 is 1.21 bits per heavy atom. The van der Waals surface area contributed by atoms with E-state index in [1.54, 1.807) is 26.0 Å². The fourth-order valence-electron chi connectivity index (χ4n) is 2.42. The smallest absolute Gasteiger partial charge is 0.254 e. The lowest BCUT2D eigenvalue weighted by atomic mass is 10.1. The third kappa shape index (κ3) is 6.35. The average Bonchev–Trinajstić information content (AvgIpc) is 2.59. The minimum Gasteiger partial charge on any atom is -0.486 e. The molecule has 0 aliphatic carbocycles. The maximum atomic E-state index is 14.4. The van der Waals surface area contributed by atoms with Crippen molar-refractivity contribution >= 4 is 27.3 Å². The molecule has 28 heavy (non-hydrogen) atoms. The molecule has 2 rings (SSSR count). The molecule has 5 nitrogen and oxygen atoms in total. The molecule has 2 aromatic rings. The van der Waals surface area contributed by atoms with Gasteiger partial charge in [-0.15, -0.1) is 0 Å². The first kappa shape index (κ1) is 21.9. The van der Waals surface area contributed by atoms with Crippen LogP contribution in [0, 0.1) is 5.82 Å². The maximum absolute atomic E-state index is 14.4. The van der Waals surface area contributed by atoms with Crippen molar-refractivity contribution in [1.82, 2.24) is 5.32 Å². The number of amides is 1. The van der Waals surface area contributed by atoms with Crippen molar-refractivity contribution in [3.05, 3.63) is 75.9 Å². The van der Waals surface area contributed by atoms with E-state index in [1.807, 2.05) is 12.1 Å². The fourth-order valence-corrected chi connectivity index (χ4v) is 3.23. The number of carbonyl (C=O) groups excluding carboxylic acids is 1. The molecule has 0 fully saturated rings. The molecule has 1 N–H and O–H groups in total. The van der Waals surface area contributed by atoms with E-state index in [9.17, 15) is 17.6 Å². The number of benzene rings is 2. The molecule has 0 bridgehead atoms. The molecule has 2 aromatic carbocycles. The summed E-state index contributed by atoms with van der Waals surface area (Å²) >= 11 is 6.14. The van der Waals surface area contributed by atoms with E-state index in [0.29, 0.717) is 5.02 Å². The van der Waals surface area contributed by atoms with Gasteiger partial charge < -0.3 is 10.1 Å². The van der Waals surface area contributed by atoms with Crippen molar-refractivity contribution in [2.24, 2.45) is 0 Å². The predicted octanol–water partition coefficient (Wildman–Crippen LogP) is 4.30. The van der Waals surface area contributed by atoms with E-state index in [2.05, 4.69) is 5.32 Å². The Morgan fingerprint density at radius 2 is 1.89 bits per heavy atom. The van der Waals surface area contributed by atoms with Gasteiger partial charge in [0, 0.05) is 34.4 Å². The van der Waals surface area contributed by atoms with E-state index in [-0.39, 0.29) is 11.3 Å². The SMILES string of the molecule is CC(Oc1ccc(C(=O)N[C@H](C)/C=C/S(C)(=O)=O)c(F)c1)c1ccccc1Cl. The maximum Gasteiger partial charge on any atom is 0.254 e. The van der Waals surface area contributed by atoms with Gasteiger partial charge in [-0.05, 0) is 32.0 Å². The summed E-state index contributed by atoms with van der Waals surface area (Å²) < 4.78 is 42.3. The molecule has 0 aliphatic heterocycles. The zero-order valence-electron chi connectivity index (χ0n) is 15.6. The predicted molar refractivity (Wildman–Crippen MR) is 108 cm³/mol. The number of carbonyl (C=O) groups is 1. The van der Waals surface area contributed by atoms with Crippen LogP contribution in [-0.2, 0) is 9.84 Å². The van der Waals surface area contributed by atoms with Crippen LogP contribution in [0.1, 0.15) is 35.9 Å². The molecule has 150 valence electrons. The highest BCUT2D eigenvalue weighted by Crippen LogP contribution is 2.28. The minimum absolute atomic E-state index is 0.169. The van der Waals surface area contributed by atoms with E-state index >= 15 is 0 Å². The molecule has 0 radical (unpaired) electrons. The largest absolute Gasteiger partial charge is 0.486 e. The van der Waals surface area contributed by atoms with Gasteiger partial charge in [-0.1, -0.05) is 35.9 Å². The van der Waals surface area contributed by atoms with Crippen molar-refractivity contribution in [3.8, 4) is 5.75 Å². The van der Waals surface area contributed by atoms with Gasteiger partial charge in [0.15, 0.2) is 9.84 Å². The van der Waals surface area contributed by atoms with Crippen molar-refractivity contribution in [2.45, 2.75) is 26.0 Å². The lowest BCUT2D eigenvalue weighted by Gasteiger charge is -2.17. The quantitative estimate of drug-likeness (QED) is 0.718. The zero-order valence-corrected chi connectivity index (χ0v) is 17.2. The van der Waals surface area contributed by atoms with Crippen LogP contribution in [0.5, 0.6) is 5.75 Å². The van der Waals surface area contributed by atoms with Crippen LogP contribution in [0.15, 0.2) is 53.9 Å². The van der Waals surface area contributed by atoms with Gasteiger partial charge in [-0.2, -0.15) is 0 Å². The highest BCUT2D eigenvalue weighted by Gasteiger charge is 2.16. The number of ether oxygens (including phenoxy) is 1. The van der Waals surface area contributed by atoms with E-state index < -0.39 is 33.7 Å². The van der Waals surface area contributed by atoms with Gasteiger partial charge in [-0.3, -0.25) is 4.79 Å². The van der Waals surface area contributed by atoms with Crippen LogP contribution >= 0.6 is 11.6 Å². The third-order valence-corrected chi connectivity index (χ3v) is 4.81. The second kappa shape index (κ2) is 9.21. The normalized spacial score (nSPS) is 13.9. The number of rotatable bonds is 7. The number of halogens is 2. The second-order valence-corrected chi connectivity index (χ2v) is 8.68. The Hall–Kier alpha value is -2.38. The van der Waals surface area contributed by atoms with Gasteiger partial charge in [0.25, 0.3) is 5.91 Å². The van der Waals surface area contributed by atoms with Gasteiger partial charge in [0.05, 0.1) is 5.56 Å². The van der Waals surface area contributed by atoms with Gasteiger partial charge >= 0.3 is 0 Å². The van der Waals surface area contributed by atoms with Crippen molar-refractivity contribution in [2.75, 3.05) is 6.26 Å².